The number of allylic oxidation sites excluding steroid dienone is 2. The SMILES string of the molecule is CCCCCCCCCCCCC/C=C/CC1C(=O)OC1=O. The molecule has 0 aromatic rings. The number of ether oxygens (including phenoxy) is 1. The van der Waals surface area contributed by atoms with Gasteiger partial charge in [0.25, 0.3) is 0 Å². The van der Waals surface area contributed by atoms with Gasteiger partial charge in [0, 0.05) is 0 Å². The average Bonchev–Trinajstić information content (AvgIpc) is 2.51. The summed E-state index contributed by atoms with van der Waals surface area (Å²) in [5.41, 5.74) is 0. The van der Waals surface area contributed by atoms with Crippen LogP contribution in [0.3, 0.4) is 0 Å². The van der Waals surface area contributed by atoms with Crippen LogP contribution in [0.25, 0.3) is 0 Å². The van der Waals surface area contributed by atoms with Crippen LogP contribution in [-0.4, -0.2) is 11.9 Å². The molecule has 0 unspecified atom stereocenters. The third-order valence-electron chi connectivity index (χ3n) is 4.28. The van der Waals surface area contributed by atoms with Crippen LogP contribution >= 0.6 is 0 Å². The fourth-order valence-electron chi connectivity index (χ4n) is 2.75. The molecule has 1 heterocycles. The van der Waals surface area contributed by atoms with Crippen molar-refractivity contribution in [3.05, 3.63) is 12.2 Å². The lowest BCUT2D eigenvalue weighted by Crippen LogP contribution is -2.40. The molecule has 1 fully saturated rings. The highest BCUT2D eigenvalue weighted by molar-refractivity contribution is 6.09. The lowest BCUT2D eigenvalue weighted by atomic mass is 10.0. The molecule has 1 aliphatic heterocycles. The highest BCUT2D eigenvalue weighted by Gasteiger charge is 2.40. The molecule has 0 spiro atoms. The number of hydrogen-bond donors (Lipinski definition) is 0. The largest absolute Gasteiger partial charge is 0.392 e. The number of hydrogen-bond acceptors (Lipinski definition) is 3. The molecule has 0 atom stereocenters. The first kappa shape index (κ1) is 18.9. The Morgan fingerprint density at radius 1 is 0.773 bits per heavy atom. The molecule has 0 saturated carbocycles. The van der Waals surface area contributed by atoms with Gasteiger partial charge in [-0.05, 0) is 19.3 Å². The summed E-state index contributed by atoms with van der Waals surface area (Å²) in [6, 6.07) is 0. The minimum Gasteiger partial charge on any atom is -0.392 e. The van der Waals surface area contributed by atoms with Crippen LogP contribution in [0.15, 0.2) is 12.2 Å². The van der Waals surface area contributed by atoms with Gasteiger partial charge >= 0.3 is 11.9 Å². The van der Waals surface area contributed by atoms with E-state index in [1.54, 1.807) is 0 Å². The molecule has 0 aliphatic carbocycles. The summed E-state index contributed by atoms with van der Waals surface area (Å²) in [5, 5.41) is 0. The topological polar surface area (TPSA) is 43.4 Å². The zero-order valence-electron chi connectivity index (χ0n) is 14.1. The molecule has 126 valence electrons. The first-order valence-corrected chi connectivity index (χ1v) is 9.16. The Labute approximate surface area is 135 Å². The van der Waals surface area contributed by atoms with E-state index in [2.05, 4.69) is 17.7 Å². The van der Waals surface area contributed by atoms with Gasteiger partial charge in [-0.2, -0.15) is 0 Å². The summed E-state index contributed by atoms with van der Waals surface area (Å²) in [4.78, 5) is 21.9. The van der Waals surface area contributed by atoms with Gasteiger partial charge in [-0.3, -0.25) is 9.59 Å². The van der Waals surface area contributed by atoms with Gasteiger partial charge in [-0.1, -0.05) is 83.3 Å². The molecule has 0 bridgehead atoms. The fraction of sp³-hybridized carbons (Fsp3) is 0.789. The molecule has 0 aromatic carbocycles. The highest BCUT2D eigenvalue weighted by Crippen LogP contribution is 2.19. The Kier molecular flexibility index (Phi) is 10.7. The fourth-order valence-corrected chi connectivity index (χ4v) is 2.75. The monoisotopic (exact) mass is 308 g/mol. The van der Waals surface area contributed by atoms with Crippen LogP contribution in [-0.2, 0) is 14.3 Å². The third kappa shape index (κ3) is 8.35. The molecule has 0 aromatic heterocycles. The minimum atomic E-state index is -0.520. The Hall–Kier alpha value is -1.12. The summed E-state index contributed by atoms with van der Waals surface area (Å²) in [5.74, 6) is -1.26. The van der Waals surface area contributed by atoms with E-state index in [1.807, 2.05) is 6.08 Å². The Morgan fingerprint density at radius 3 is 1.77 bits per heavy atom. The van der Waals surface area contributed by atoms with Crippen molar-refractivity contribution in [2.45, 2.75) is 90.4 Å². The second-order valence-electron chi connectivity index (χ2n) is 6.32. The molecule has 1 saturated heterocycles. The van der Waals surface area contributed by atoms with Crippen LogP contribution in [0.2, 0.25) is 0 Å². The summed E-state index contributed by atoms with van der Waals surface area (Å²) in [6.45, 7) is 2.26. The molecular weight excluding hydrogens is 276 g/mol. The Morgan fingerprint density at radius 2 is 1.27 bits per heavy atom. The lowest BCUT2D eigenvalue weighted by molar-refractivity contribution is -0.183. The second kappa shape index (κ2) is 12.4. The number of carbonyl (C=O) groups is 2. The van der Waals surface area contributed by atoms with Crippen molar-refractivity contribution >= 4 is 11.9 Å². The summed E-state index contributed by atoms with van der Waals surface area (Å²) >= 11 is 0. The van der Waals surface area contributed by atoms with Crippen LogP contribution in [0.1, 0.15) is 90.4 Å². The van der Waals surface area contributed by atoms with Crippen LogP contribution in [0.5, 0.6) is 0 Å². The standard InChI is InChI=1S/C19H32O3/c1-2-3-4-5-6-7-8-9-10-11-12-13-14-15-16-17-18(20)22-19(17)21/h14-15,17H,2-13,16H2,1H3/b15-14+. The van der Waals surface area contributed by atoms with Gasteiger partial charge in [0.15, 0.2) is 5.92 Å². The summed E-state index contributed by atoms with van der Waals surface area (Å²) in [6.07, 6.45) is 20.5. The Bertz CT molecular complexity index is 333. The van der Waals surface area contributed by atoms with Crippen molar-refractivity contribution in [2.75, 3.05) is 0 Å². The first-order valence-electron chi connectivity index (χ1n) is 9.16. The molecule has 22 heavy (non-hydrogen) atoms. The minimum absolute atomic E-state index is 0.371. The molecule has 0 N–H and O–H groups in total. The van der Waals surface area contributed by atoms with E-state index >= 15 is 0 Å². The van der Waals surface area contributed by atoms with Gasteiger partial charge in [-0.15, -0.1) is 0 Å². The molecular formula is C19H32O3. The van der Waals surface area contributed by atoms with Crippen molar-refractivity contribution in [3.8, 4) is 0 Å². The normalized spacial score (nSPS) is 15.3. The van der Waals surface area contributed by atoms with Gasteiger partial charge < -0.3 is 4.74 Å². The second-order valence-corrected chi connectivity index (χ2v) is 6.32. The number of cyclic esters (lactones) is 2. The number of carbonyl (C=O) groups excluding carboxylic acids is 2. The smallest absolute Gasteiger partial charge is 0.328 e. The van der Waals surface area contributed by atoms with E-state index in [1.165, 1.54) is 70.6 Å². The van der Waals surface area contributed by atoms with Gasteiger partial charge in [0.2, 0.25) is 0 Å². The van der Waals surface area contributed by atoms with Crippen LogP contribution < -0.4 is 0 Å². The maximum atomic E-state index is 10.9. The van der Waals surface area contributed by atoms with Crippen molar-refractivity contribution in [1.82, 2.24) is 0 Å². The Balaban J connectivity index is 1.78. The van der Waals surface area contributed by atoms with Crippen LogP contribution in [0, 0.1) is 5.92 Å². The summed E-state index contributed by atoms with van der Waals surface area (Å²) < 4.78 is 4.31. The number of unbranched alkanes of at least 4 members (excludes halogenated alkanes) is 11. The van der Waals surface area contributed by atoms with E-state index in [9.17, 15) is 9.59 Å². The van der Waals surface area contributed by atoms with Crippen LogP contribution in [0.4, 0.5) is 0 Å². The molecule has 1 aliphatic rings. The van der Waals surface area contributed by atoms with E-state index in [-0.39, 0.29) is 11.9 Å². The lowest BCUT2D eigenvalue weighted by Gasteiger charge is -2.19. The maximum absolute atomic E-state index is 10.9. The zero-order chi connectivity index (χ0) is 16.0. The molecule has 3 nitrogen and oxygen atoms in total. The van der Waals surface area contributed by atoms with Gasteiger partial charge in [0.05, 0.1) is 0 Å². The van der Waals surface area contributed by atoms with E-state index in [0.29, 0.717) is 6.42 Å². The summed E-state index contributed by atoms with van der Waals surface area (Å²) in [7, 11) is 0. The zero-order valence-corrected chi connectivity index (χ0v) is 14.1. The molecule has 0 radical (unpaired) electrons. The van der Waals surface area contributed by atoms with E-state index in [0.717, 1.165) is 6.42 Å². The van der Waals surface area contributed by atoms with Crippen molar-refractivity contribution in [1.29, 1.82) is 0 Å². The number of rotatable bonds is 14. The quantitative estimate of drug-likeness (QED) is 0.188. The van der Waals surface area contributed by atoms with Crippen molar-refractivity contribution < 1.29 is 14.3 Å². The molecule has 3 heteroatoms. The maximum Gasteiger partial charge on any atom is 0.328 e. The first-order chi connectivity index (χ1) is 10.8. The number of esters is 2. The highest BCUT2D eigenvalue weighted by atomic mass is 16.6. The van der Waals surface area contributed by atoms with E-state index < -0.39 is 5.92 Å². The van der Waals surface area contributed by atoms with Gasteiger partial charge in [0.1, 0.15) is 0 Å². The third-order valence-corrected chi connectivity index (χ3v) is 4.28. The van der Waals surface area contributed by atoms with E-state index in [4.69, 9.17) is 0 Å². The van der Waals surface area contributed by atoms with Gasteiger partial charge in [-0.25, -0.2) is 0 Å². The predicted octanol–water partition coefficient (Wildman–Crippen LogP) is 5.33. The molecule has 1 rings (SSSR count). The van der Waals surface area contributed by atoms with Crippen molar-refractivity contribution in [2.24, 2.45) is 5.92 Å². The predicted molar refractivity (Wildman–Crippen MR) is 89.4 cm³/mol. The van der Waals surface area contributed by atoms with Crippen molar-refractivity contribution in [3.63, 3.8) is 0 Å². The molecule has 0 amide bonds. The average molecular weight is 308 g/mol.